The summed E-state index contributed by atoms with van der Waals surface area (Å²) in [5, 5.41) is 0. The van der Waals surface area contributed by atoms with Crippen molar-refractivity contribution < 1.29 is 8.76 Å². The van der Waals surface area contributed by atoms with Crippen molar-refractivity contribution in [1.29, 1.82) is 0 Å². The van der Waals surface area contributed by atoms with Gasteiger partial charge in [0, 0.05) is 6.20 Å². The molecule has 0 radical (unpaired) electrons. The first-order valence-corrected chi connectivity index (χ1v) is 3.46. The lowest BCUT2D eigenvalue weighted by Crippen LogP contribution is -2.09. The molecule has 1 atom stereocenters. The third kappa shape index (κ3) is 1.49. The van der Waals surface area contributed by atoms with Crippen molar-refractivity contribution >= 4 is 11.1 Å². The highest BCUT2D eigenvalue weighted by Crippen LogP contribution is 1.94. The van der Waals surface area contributed by atoms with Crippen LogP contribution in [-0.4, -0.2) is 18.7 Å². The predicted octanol–water partition coefficient (Wildman–Crippen LogP) is -0.649. The third-order valence-electron chi connectivity index (χ3n) is 0.849. The summed E-state index contributed by atoms with van der Waals surface area (Å²) in [5.41, 5.74) is -0.533. The summed E-state index contributed by atoms with van der Waals surface area (Å²) in [4.78, 5) is 15.8. The van der Waals surface area contributed by atoms with Gasteiger partial charge in [-0.15, -0.1) is 0 Å². The second-order valence-corrected chi connectivity index (χ2v) is 2.47. The van der Waals surface area contributed by atoms with Crippen molar-refractivity contribution in [2.75, 3.05) is 0 Å². The normalized spacial score (nSPS) is 12.9. The van der Waals surface area contributed by atoms with E-state index in [-0.39, 0.29) is 4.90 Å². The molecule has 1 rings (SSSR count). The van der Waals surface area contributed by atoms with Gasteiger partial charge in [-0.2, -0.15) is 0 Å². The van der Waals surface area contributed by atoms with Crippen molar-refractivity contribution in [3.8, 4) is 0 Å². The number of hydrogen-bond donors (Lipinski definition) is 2. The average Bonchev–Trinajstić information content (AvgIpc) is 1.88. The van der Waals surface area contributed by atoms with Gasteiger partial charge in [-0.3, -0.25) is 0 Å². The molecule has 0 amide bonds. The Hall–Kier alpha value is -1.01. The molecule has 0 aliphatic carbocycles. The smallest absolute Gasteiger partial charge is 0.311 e. The summed E-state index contributed by atoms with van der Waals surface area (Å²) >= 11 is -2.07. The van der Waals surface area contributed by atoms with Gasteiger partial charge >= 0.3 is 5.69 Å². The summed E-state index contributed by atoms with van der Waals surface area (Å²) < 4.78 is 18.7. The van der Waals surface area contributed by atoms with Crippen LogP contribution in [0.2, 0.25) is 0 Å². The highest BCUT2D eigenvalue weighted by Gasteiger charge is 1.97. The summed E-state index contributed by atoms with van der Waals surface area (Å²) in [7, 11) is 0. The second-order valence-electron chi connectivity index (χ2n) is 1.50. The van der Waals surface area contributed by atoms with Crippen LogP contribution in [-0.2, 0) is 11.1 Å². The maximum atomic E-state index is 10.3. The van der Waals surface area contributed by atoms with Crippen molar-refractivity contribution in [3.63, 3.8) is 0 Å². The van der Waals surface area contributed by atoms with Gasteiger partial charge in [-0.25, -0.2) is 14.0 Å². The summed E-state index contributed by atoms with van der Waals surface area (Å²) in [6.45, 7) is 0. The van der Waals surface area contributed by atoms with E-state index in [0.717, 1.165) is 12.4 Å². The molecule has 54 valence electrons. The number of aromatic amines is 1. The average molecular weight is 160 g/mol. The van der Waals surface area contributed by atoms with Gasteiger partial charge < -0.3 is 9.54 Å². The van der Waals surface area contributed by atoms with Gasteiger partial charge in [0.05, 0.1) is 6.20 Å². The van der Waals surface area contributed by atoms with Crippen LogP contribution in [0.15, 0.2) is 22.1 Å². The van der Waals surface area contributed by atoms with E-state index in [1.165, 1.54) is 0 Å². The zero-order valence-corrected chi connectivity index (χ0v) is 5.59. The van der Waals surface area contributed by atoms with E-state index in [4.69, 9.17) is 4.55 Å². The minimum absolute atomic E-state index is 0.0830. The van der Waals surface area contributed by atoms with E-state index in [1.54, 1.807) is 0 Å². The third-order valence-corrected chi connectivity index (χ3v) is 1.48. The maximum absolute atomic E-state index is 10.3. The van der Waals surface area contributed by atoms with Gasteiger partial charge in [0.15, 0.2) is 11.1 Å². The van der Waals surface area contributed by atoms with Crippen LogP contribution < -0.4 is 5.69 Å². The molecule has 1 unspecified atom stereocenters. The Morgan fingerprint density at radius 3 is 2.80 bits per heavy atom. The Balaban J connectivity index is 3.12. The van der Waals surface area contributed by atoms with E-state index < -0.39 is 16.8 Å². The van der Waals surface area contributed by atoms with Crippen LogP contribution in [0.4, 0.5) is 0 Å². The Kier molecular flexibility index (Phi) is 1.93. The molecule has 0 saturated carbocycles. The minimum Gasteiger partial charge on any atom is -0.311 e. The fourth-order valence-corrected chi connectivity index (χ4v) is 0.728. The predicted molar refractivity (Wildman–Crippen MR) is 33.9 cm³/mol. The molecule has 0 fully saturated rings. The summed E-state index contributed by atoms with van der Waals surface area (Å²) in [6, 6.07) is 0. The molecule has 1 heterocycles. The second kappa shape index (κ2) is 2.72. The standard InChI is InChI=1S/C4H4N2O3S/c7-4-5-1-3(2-6-4)10(8)9/h1-2H,(H,8,9)(H,5,6,7). The molecular formula is C4H4N2O3S. The Morgan fingerprint density at radius 2 is 2.40 bits per heavy atom. The number of H-pyrrole nitrogens is 1. The quantitative estimate of drug-likeness (QED) is 0.535. The number of aromatic nitrogens is 2. The zero-order chi connectivity index (χ0) is 7.56. The van der Waals surface area contributed by atoms with E-state index >= 15 is 0 Å². The number of hydrogen-bond acceptors (Lipinski definition) is 3. The van der Waals surface area contributed by atoms with Crippen LogP contribution in [0.5, 0.6) is 0 Å². The topological polar surface area (TPSA) is 83.1 Å². The lowest BCUT2D eigenvalue weighted by molar-refractivity contribution is 0.563. The Bertz CT molecular complexity index is 287. The molecule has 2 N–H and O–H groups in total. The lowest BCUT2D eigenvalue weighted by Gasteiger charge is -1.88. The van der Waals surface area contributed by atoms with Gasteiger partial charge in [0.1, 0.15) is 4.90 Å². The monoisotopic (exact) mass is 160 g/mol. The molecule has 0 bridgehead atoms. The first-order chi connectivity index (χ1) is 4.70. The molecule has 0 aliphatic rings. The lowest BCUT2D eigenvalue weighted by atomic mass is 10.7. The van der Waals surface area contributed by atoms with Crippen molar-refractivity contribution in [2.24, 2.45) is 0 Å². The minimum atomic E-state index is -2.07. The number of rotatable bonds is 1. The molecule has 0 spiro atoms. The first-order valence-electron chi connectivity index (χ1n) is 2.36. The van der Waals surface area contributed by atoms with Crippen LogP contribution >= 0.6 is 0 Å². The van der Waals surface area contributed by atoms with Crippen LogP contribution in [0.3, 0.4) is 0 Å². The number of nitrogens with one attached hydrogen (secondary N) is 1. The number of nitrogens with zero attached hydrogens (tertiary/aromatic N) is 1. The molecule has 0 saturated heterocycles. The van der Waals surface area contributed by atoms with E-state index in [1.807, 2.05) is 0 Å². The van der Waals surface area contributed by atoms with E-state index in [0.29, 0.717) is 0 Å². The molecule has 1 aromatic rings. The summed E-state index contributed by atoms with van der Waals surface area (Å²) in [5.74, 6) is 0. The van der Waals surface area contributed by atoms with Crippen LogP contribution in [0.1, 0.15) is 0 Å². The maximum Gasteiger partial charge on any atom is 0.344 e. The molecule has 0 aromatic carbocycles. The molecule has 6 heteroatoms. The molecular weight excluding hydrogens is 156 g/mol. The Labute approximate surface area is 58.4 Å². The van der Waals surface area contributed by atoms with Gasteiger partial charge in [-0.1, -0.05) is 0 Å². The highest BCUT2D eigenvalue weighted by atomic mass is 32.2. The van der Waals surface area contributed by atoms with Gasteiger partial charge in [-0.05, 0) is 0 Å². The highest BCUT2D eigenvalue weighted by molar-refractivity contribution is 7.79. The SMILES string of the molecule is O=c1ncc(S(=O)O)c[nH]1. The van der Waals surface area contributed by atoms with Crippen LogP contribution in [0, 0.1) is 0 Å². The van der Waals surface area contributed by atoms with Crippen molar-refractivity contribution in [3.05, 3.63) is 22.9 Å². The first kappa shape index (κ1) is 7.10. The molecule has 0 aliphatic heterocycles. The van der Waals surface area contributed by atoms with E-state index in [9.17, 15) is 9.00 Å². The van der Waals surface area contributed by atoms with E-state index in [2.05, 4.69) is 9.97 Å². The van der Waals surface area contributed by atoms with Crippen molar-refractivity contribution in [2.45, 2.75) is 4.90 Å². The zero-order valence-electron chi connectivity index (χ0n) is 4.77. The van der Waals surface area contributed by atoms with Crippen molar-refractivity contribution in [1.82, 2.24) is 9.97 Å². The van der Waals surface area contributed by atoms with Crippen LogP contribution in [0.25, 0.3) is 0 Å². The summed E-state index contributed by atoms with van der Waals surface area (Å²) in [6.07, 6.45) is 2.19. The fraction of sp³-hybridized carbons (Fsp3) is 0. The molecule has 5 nitrogen and oxygen atoms in total. The Morgan fingerprint density at radius 1 is 1.70 bits per heavy atom. The van der Waals surface area contributed by atoms with Gasteiger partial charge in [0.2, 0.25) is 0 Å². The fourth-order valence-electron chi connectivity index (χ4n) is 0.425. The molecule has 1 aromatic heterocycles. The largest absolute Gasteiger partial charge is 0.344 e. The molecule has 10 heavy (non-hydrogen) atoms. The van der Waals surface area contributed by atoms with Gasteiger partial charge in [0.25, 0.3) is 0 Å².